The highest BCUT2D eigenvalue weighted by Crippen LogP contribution is 2.41. The molecule has 0 N–H and O–H groups in total. The van der Waals surface area contributed by atoms with Crippen molar-refractivity contribution >= 4 is 50.8 Å². The third-order valence-corrected chi connectivity index (χ3v) is 12.1. The number of carbonyl (C=O) groups excluding carboxylic acids is 1. The molecule has 2 nitrogen and oxygen atoms in total. The van der Waals surface area contributed by atoms with Crippen LogP contribution in [-0.2, 0) is 56.0 Å². The molecule has 79 heavy (non-hydrogen) atoms. The van der Waals surface area contributed by atoms with Crippen molar-refractivity contribution in [2.75, 3.05) is 0 Å². The van der Waals surface area contributed by atoms with E-state index in [0.717, 1.165) is 22.2 Å². The van der Waals surface area contributed by atoms with E-state index in [1.54, 1.807) is 0 Å². The smallest absolute Gasteiger partial charge is 0.287 e. The first kappa shape index (κ1) is 60.7. The van der Waals surface area contributed by atoms with Crippen molar-refractivity contribution in [2.45, 2.75) is 62.9 Å². The maximum absolute atomic E-state index is 14.2. The molecule has 0 atom stereocenters. The van der Waals surface area contributed by atoms with E-state index in [-0.39, 0.29) is 5.78 Å². The van der Waals surface area contributed by atoms with Crippen LogP contribution in [0, 0.1) is 0 Å². The van der Waals surface area contributed by atoms with Crippen molar-refractivity contribution in [3.63, 3.8) is 0 Å². The molecule has 1 aromatic heterocycles. The molecule has 27 heteroatoms. The zero-order valence-corrected chi connectivity index (χ0v) is 39.1. The van der Waals surface area contributed by atoms with Crippen LogP contribution in [0.4, 0.5) is 105 Å². The van der Waals surface area contributed by atoms with Crippen LogP contribution >= 0.6 is 0 Å². The zero-order valence-electron chi connectivity index (χ0n) is 39.1. The van der Waals surface area contributed by atoms with Crippen LogP contribution in [0.2, 0.25) is 0 Å². The Bertz CT molecular complexity index is 2960. The number of nitrogens with zero attached hydrogens (tertiary/aromatic N) is 1. The number of Topliss-reactive ketones (excluding diaryl/α,β-unsaturated/α-hetero) is 1. The van der Waals surface area contributed by atoms with E-state index < -0.39 is 195 Å². The van der Waals surface area contributed by atoms with Gasteiger partial charge in [0.25, 0.3) is 0 Å². The lowest BCUT2D eigenvalue weighted by molar-refractivity contribution is -0.658. The van der Waals surface area contributed by atoms with Gasteiger partial charge in [0.15, 0.2) is 0 Å². The first-order valence-electron chi connectivity index (χ1n) is 22.0. The molecule has 1 heterocycles. The topological polar surface area (TPSA) is 20.9 Å². The number of halogens is 24. The molecule has 0 aliphatic carbocycles. The molecular weight excluding hydrogens is 1120 g/mol. The minimum Gasteiger partial charge on any atom is -0.287 e. The highest BCUT2D eigenvalue weighted by atomic mass is 19.4. The molecule has 0 aliphatic rings. The monoisotopic (exact) mass is 1150 g/mol. The predicted molar refractivity (Wildman–Crippen MR) is 240 cm³/mol. The molecule has 0 amide bonds. The minimum absolute atomic E-state index is 0.118. The first-order valence-corrected chi connectivity index (χ1v) is 22.0. The van der Waals surface area contributed by atoms with E-state index in [4.69, 9.17) is 0 Å². The summed E-state index contributed by atoms with van der Waals surface area (Å²) in [6.07, 6.45) is -50.8. The summed E-state index contributed by atoms with van der Waals surface area (Å²) in [5.74, 6) is 0.118. The fourth-order valence-electron chi connectivity index (χ4n) is 8.70. The van der Waals surface area contributed by atoms with E-state index in [9.17, 15) is 110 Å². The van der Waals surface area contributed by atoms with Gasteiger partial charge in [-0.15, -0.1) is 0 Å². The molecular formula is C52H30BF24NO. The van der Waals surface area contributed by atoms with Crippen LogP contribution in [-0.4, -0.2) is 11.9 Å². The highest BCUT2D eigenvalue weighted by molar-refractivity contribution is 7.20. The Morgan fingerprint density at radius 2 is 0.658 bits per heavy atom. The molecule has 7 aromatic rings. The number of rotatable bonds is 8. The van der Waals surface area contributed by atoms with Crippen molar-refractivity contribution in [2.24, 2.45) is 0 Å². The molecule has 0 fully saturated rings. The number of pyridine rings is 1. The summed E-state index contributed by atoms with van der Waals surface area (Å²) in [6.45, 7) is 2.32. The summed E-state index contributed by atoms with van der Waals surface area (Å²) < 4.78 is 343. The maximum Gasteiger partial charge on any atom is 0.416 e. The standard InChI is InChI=1S/C32H12BF24.C20H18NO/c34-25(35,36)13-1-14(26(37,38)39)6-21(5-13)33(22-7-15(27(40,41)42)2-16(8-22)28(43,44)45,23-9-17(29(46,47)48)3-18(10-23)30(49,50)51)24-11-19(31(52,53)54)4-20(12-24)32(55,56)57;1-2-8-18-14-13-16-9-6-7-12-19(16)21(18)15-20(22)17-10-4-3-5-11-17/h1-12H;2-14H,15H2,1H3/q-1;+1. The predicted octanol–water partition coefficient (Wildman–Crippen LogP) is 15.3. The third-order valence-electron chi connectivity index (χ3n) is 12.1. The van der Waals surface area contributed by atoms with Crippen molar-refractivity contribution in [1.29, 1.82) is 0 Å². The number of allylic oxidation sites excluding steroid dienone is 1. The largest absolute Gasteiger partial charge is 0.416 e. The van der Waals surface area contributed by atoms with Crippen molar-refractivity contribution in [3.8, 4) is 0 Å². The lowest BCUT2D eigenvalue weighted by atomic mass is 9.12. The molecule has 0 aliphatic heterocycles. The van der Waals surface area contributed by atoms with Gasteiger partial charge >= 0.3 is 49.4 Å². The number of alkyl halides is 24. The lowest BCUT2D eigenvalue weighted by Crippen LogP contribution is -2.75. The molecule has 0 saturated carbocycles. The average Bonchev–Trinajstić information content (AvgIpc) is 3.39. The molecule has 0 unspecified atom stereocenters. The summed E-state index contributed by atoms with van der Waals surface area (Å²) in [6, 6.07) is 12.9. The lowest BCUT2D eigenvalue weighted by Gasteiger charge is -2.46. The van der Waals surface area contributed by atoms with Gasteiger partial charge < -0.3 is 0 Å². The molecule has 7 rings (SSSR count). The SMILES string of the molecule is CC=Cc1ccc2ccccc2[n+]1CC(=O)c1ccccc1.FC(F)(F)c1cc([B-](c2cc(C(F)(F)F)cc(C(F)(F)F)c2)(c2cc(C(F)(F)F)cc(C(F)(F)F)c2)c2cc(C(F)(F)F)cc(C(F)(F)F)c2)cc(C(F)(F)F)c1. The number of ketones is 1. The van der Waals surface area contributed by atoms with Gasteiger partial charge in [0, 0.05) is 29.2 Å². The van der Waals surface area contributed by atoms with E-state index in [0.29, 0.717) is 6.54 Å². The quantitative estimate of drug-likeness (QED) is 0.0643. The van der Waals surface area contributed by atoms with Crippen molar-refractivity contribution < 1.29 is 115 Å². The minimum atomic E-state index is -6.13. The van der Waals surface area contributed by atoms with E-state index >= 15 is 0 Å². The van der Waals surface area contributed by atoms with E-state index in [2.05, 4.69) is 28.8 Å². The van der Waals surface area contributed by atoms with Gasteiger partial charge in [-0.1, -0.05) is 97.1 Å². The number of benzene rings is 6. The number of hydrogen-bond donors (Lipinski definition) is 0. The molecule has 0 saturated heterocycles. The Labute approximate surface area is 429 Å². The van der Waals surface area contributed by atoms with E-state index in [1.165, 1.54) is 0 Å². The van der Waals surface area contributed by atoms with Crippen LogP contribution in [0.15, 0.2) is 146 Å². The van der Waals surface area contributed by atoms with Gasteiger partial charge in [0.05, 0.1) is 44.5 Å². The summed E-state index contributed by atoms with van der Waals surface area (Å²) in [5.41, 5.74) is -27.4. The number of hydrogen-bond acceptors (Lipinski definition) is 1. The van der Waals surface area contributed by atoms with Crippen LogP contribution in [0.25, 0.3) is 17.0 Å². The third kappa shape index (κ3) is 13.7. The number of fused-ring (bicyclic) bond motifs is 1. The van der Waals surface area contributed by atoms with Crippen LogP contribution in [0.1, 0.15) is 67.5 Å². The fraction of sp³-hybridized carbons (Fsp3) is 0.192. The molecule has 420 valence electrons. The fourth-order valence-corrected chi connectivity index (χ4v) is 8.70. The first-order chi connectivity index (χ1) is 36.1. The van der Waals surface area contributed by atoms with Gasteiger partial charge in [-0.05, 0) is 43.3 Å². The zero-order chi connectivity index (χ0) is 59.3. The van der Waals surface area contributed by atoms with Crippen LogP contribution in [0.5, 0.6) is 0 Å². The Morgan fingerprint density at radius 3 is 0.937 bits per heavy atom. The molecule has 6 aromatic carbocycles. The number of para-hydroxylation sites is 1. The second kappa shape index (κ2) is 21.3. The highest BCUT2D eigenvalue weighted by Gasteiger charge is 2.47. The molecule has 0 spiro atoms. The number of carbonyl (C=O) groups is 1. The Morgan fingerprint density at radius 1 is 0.380 bits per heavy atom. The average molecular weight is 1150 g/mol. The second-order valence-corrected chi connectivity index (χ2v) is 17.4. The van der Waals surface area contributed by atoms with Gasteiger partial charge in [0.2, 0.25) is 23.5 Å². The Hall–Kier alpha value is -7.48. The van der Waals surface area contributed by atoms with Gasteiger partial charge in [-0.3, -0.25) is 4.79 Å². The number of aromatic nitrogens is 1. The maximum atomic E-state index is 14.2. The summed E-state index contributed by atoms with van der Waals surface area (Å²) in [5, 5.41) is 1.14. The van der Waals surface area contributed by atoms with Gasteiger partial charge in [-0.2, -0.15) is 132 Å². The van der Waals surface area contributed by atoms with Crippen molar-refractivity contribution in [1.82, 2.24) is 0 Å². The molecule has 0 radical (unpaired) electrons. The van der Waals surface area contributed by atoms with E-state index in [1.807, 2.05) is 61.5 Å². The molecule has 0 bridgehead atoms. The summed E-state index contributed by atoms with van der Waals surface area (Å²) in [7, 11) is 0. The van der Waals surface area contributed by atoms with Gasteiger partial charge in [0.1, 0.15) is 6.15 Å². The Balaban J connectivity index is 0.000000378. The normalized spacial score (nSPS) is 13.4. The summed E-state index contributed by atoms with van der Waals surface area (Å²) >= 11 is 0. The summed E-state index contributed by atoms with van der Waals surface area (Å²) in [4.78, 5) is 12.6. The van der Waals surface area contributed by atoms with Crippen molar-refractivity contribution in [3.05, 3.63) is 201 Å². The van der Waals surface area contributed by atoms with Crippen LogP contribution in [0.3, 0.4) is 0 Å². The van der Waals surface area contributed by atoms with Crippen LogP contribution < -0.4 is 26.4 Å². The van der Waals surface area contributed by atoms with Gasteiger partial charge in [-0.25, -0.2) is 0 Å². The second-order valence-electron chi connectivity index (χ2n) is 17.4. The Kier molecular flexibility index (Phi) is 16.4.